The molecule has 0 unspecified atom stereocenters. The summed E-state index contributed by atoms with van der Waals surface area (Å²) in [6, 6.07) is 3.90. The largest absolute Gasteiger partial charge is 0.458 e. The van der Waals surface area contributed by atoms with E-state index in [-0.39, 0.29) is 12.3 Å². The summed E-state index contributed by atoms with van der Waals surface area (Å²) in [6.07, 6.45) is 4.30. The number of pyridine rings is 1. The summed E-state index contributed by atoms with van der Waals surface area (Å²) in [5.41, 5.74) is 2.11. The van der Waals surface area contributed by atoms with Crippen molar-refractivity contribution in [3.05, 3.63) is 41.5 Å². The quantitative estimate of drug-likeness (QED) is 0.559. The fourth-order valence-electron chi connectivity index (χ4n) is 1.83. The lowest BCUT2D eigenvalue weighted by Gasteiger charge is -2.04. The first kappa shape index (κ1) is 15.1. The van der Waals surface area contributed by atoms with Crippen LogP contribution in [0.1, 0.15) is 21.7 Å². The summed E-state index contributed by atoms with van der Waals surface area (Å²) >= 11 is 0. The lowest BCUT2D eigenvalue weighted by Crippen LogP contribution is -2.12. The number of hydrogen-bond donors (Lipinski definition) is 0. The summed E-state index contributed by atoms with van der Waals surface area (Å²) in [5.74, 6) is -0.472. The molecule has 0 aromatic carbocycles. The Balaban J connectivity index is 1.95. The molecule has 2 heterocycles. The molecular weight excluding hydrogens is 272 g/mol. The van der Waals surface area contributed by atoms with E-state index < -0.39 is 5.97 Å². The summed E-state index contributed by atoms with van der Waals surface area (Å²) in [7, 11) is 1.55. The minimum atomic E-state index is -0.472. The molecule has 0 N–H and O–H groups in total. The highest BCUT2D eigenvalue weighted by atomic mass is 16.6. The van der Waals surface area contributed by atoms with Crippen molar-refractivity contribution >= 4 is 5.97 Å². The van der Waals surface area contributed by atoms with Gasteiger partial charge in [0.1, 0.15) is 6.61 Å². The van der Waals surface area contributed by atoms with Crippen LogP contribution in [0.2, 0.25) is 0 Å². The first-order chi connectivity index (χ1) is 10.2. The van der Waals surface area contributed by atoms with Gasteiger partial charge in [0, 0.05) is 26.0 Å². The van der Waals surface area contributed by atoms with Gasteiger partial charge in [0.25, 0.3) is 0 Å². The average molecular weight is 290 g/mol. The molecule has 21 heavy (non-hydrogen) atoms. The highest BCUT2D eigenvalue weighted by molar-refractivity contribution is 5.88. The van der Waals surface area contributed by atoms with Crippen LogP contribution < -0.4 is 0 Å². The van der Waals surface area contributed by atoms with Gasteiger partial charge < -0.3 is 9.47 Å². The number of hydrogen-bond acceptors (Lipinski definition) is 6. The van der Waals surface area contributed by atoms with Crippen molar-refractivity contribution in [2.24, 2.45) is 0 Å². The Morgan fingerprint density at radius 2 is 2.05 bits per heavy atom. The van der Waals surface area contributed by atoms with Crippen molar-refractivity contribution in [2.45, 2.75) is 19.9 Å². The van der Waals surface area contributed by atoms with E-state index in [0.29, 0.717) is 18.8 Å². The van der Waals surface area contributed by atoms with Crippen molar-refractivity contribution < 1.29 is 14.3 Å². The standard InChI is InChI=1S/C14H18N4O3/c1-11-13(14(19)21-10-9-20-2)16-17-18(11)8-5-12-3-6-15-7-4-12/h3-4,6-7H,5,8-10H2,1-2H3. The van der Waals surface area contributed by atoms with E-state index in [1.54, 1.807) is 31.1 Å². The van der Waals surface area contributed by atoms with Gasteiger partial charge in [-0.15, -0.1) is 5.10 Å². The molecule has 0 aliphatic heterocycles. The molecule has 0 fully saturated rings. The van der Waals surface area contributed by atoms with Gasteiger partial charge in [0.15, 0.2) is 5.69 Å². The maximum absolute atomic E-state index is 11.8. The predicted molar refractivity (Wildman–Crippen MR) is 74.9 cm³/mol. The molecule has 2 rings (SSSR count). The number of ether oxygens (including phenoxy) is 2. The van der Waals surface area contributed by atoms with Crippen molar-refractivity contribution in [1.82, 2.24) is 20.0 Å². The van der Waals surface area contributed by atoms with Crippen LogP contribution in [0.5, 0.6) is 0 Å². The van der Waals surface area contributed by atoms with Gasteiger partial charge in [-0.2, -0.15) is 0 Å². The second-order valence-corrected chi connectivity index (χ2v) is 4.48. The summed E-state index contributed by atoms with van der Waals surface area (Å²) < 4.78 is 11.6. The van der Waals surface area contributed by atoms with Crippen LogP contribution >= 0.6 is 0 Å². The number of methoxy groups -OCH3 is 1. The van der Waals surface area contributed by atoms with Crippen molar-refractivity contribution in [1.29, 1.82) is 0 Å². The van der Waals surface area contributed by atoms with Crippen LogP contribution in [0.15, 0.2) is 24.5 Å². The van der Waals surface area contributed by atoms with Crippen LogP contribution in [0.25, 0.3) is 0 Å². The second-order valence-electron chi connectivity index (χ2n) is 4.48. The summed E-state index contributed by atoms with van der Waals surface area (Å²) in [6.45, 7) is 3.02. The van der Waals surface area contributed by atoms with Gasteiger partial charge in [-0.1, -0.05) is 5.21 Å². The first-order valence-electron chi connectivity index (χ1n) is 6.67. The topological polar surface area (TPSA) is 79.1 Å². The number of carbonyl (C=O) groups excluding carboxylic acids is 1. The maximum atomic E-state index is 11.8. The number of esters is 1. The van der Waals surface area contributed by atoms with E-state index in [2.05, 4.69) is 15.3 Å². The first-order valence-corrected chi connectivity index (χ1v) is 6.67. The Morgan fingerprint density at radius 1 is 1.29 bits per heavy atom. The Hall–Kier alpha value is -2.28. The van der Waals surface area contributed by atoms with Gasteiger partial charge in [-0.25, -0.2) is 9.48 Å². The lowest BCUT2D eigenvalue weighted by molar-refractivity contribution is 0.0380. The van der Waals surface area contributed by atoms with E-state index in [1.165, 1.54) is 0 Å². The zero-order valence-corrected chi connectivity index (χ0v) is 12.2. The number of aryl methyl sites for hydroxylation is 2. The molecule has 0 radical (unpaired) electrons. The fourth-order valence-corrected chi connectivity index (χ4v) is 1.83. The minimum absolute atomic E-state index is 0.207. The van der Waals surface area contributed by atoms with Gasteiger partial charge in [0.05, 0.1) is 12.3 Å². The molecule has 0 amide bonds. The molecule has 0 saturated heterocycles. The van der Waals surface area contributed by atoms with Crippen LogP contribution in [0.3, 0.4) is 0 Å². The summed E-state index contributed by atoms with van der Waals surface area (Å²) in [5, 5.41) is 7.89. The Morgan fingerprint density at radius 3 is 2.76 bits per heavy atom. The number of aromatic nitrogens is 4. The van der Waals surface area contributed by atoms with E-state index in [4.69, 9.17) is 9.47 Å². The second kappa shape index (κ2) is 7.49. The van der Waals surface area contributed by atoms with E-state index >= 15 is 0 Å². The molecule has 7 nitrogen and oxygen atoms in total. The van der Waals surface area contributed by atoms with Crippen LogP contribution in [0.4, 0.5) is 0 Å². The average Bonchev–Trinajstić information content (AvgIpc) is 2.87. The smallest absolute Gasteiger partial charge is 0.360 e. The van der Waals surface area contributed by atoms with Crippen molar-refractivity contribution in [2.75, 3.05) is 20.3 Å². The van der Waals surface area contributed by atoms with E-state index in [9.17, 15) is 4.79 Å². The molecule has 2 aromatic heterocycles. The fraction of sp³-hybridized carbons (Fsp3) is 0.429. The molecule has 112 valence electrons. The molecule has 0 bridgehead atoms. The molecule has 0 aliphatic rings. The minimum Gasteiger partial charge on any atom is -0.458 e. The summed E-state index contributed by atoms with van der Waals surface area (Å²) in [4.78, 5) is 15.8. The highest BCUT2D eigenvalue weighted by Gasteiger charge is 2.17. The Labute approximate surface area is 122 Å². The van der Waals surface area contributed by atoms with E-state index in [1.807, 2.05) is 12.1 Å². The molecule has 0 saturated carbocycles. The molecule has 0 aliphatic carbocycles. The van der Waals surface area contributed by atoms with Gasteiger partial charge in [-0.05, 0) is 31.0 Å². The predicted octanol–water partition coefficient (Wildman–Crippen LogP) is 1.03. The van der Waals surface area contributed by atoms with Crippen LogP contribution in [-0.4, -0.2) is 46.3 Å². The Bertz CT molecular complexity index is 583. The lowest BCUT2D eigenvalue weighted by atomic mass is 10.2. The normalized spacial score (nSPS) is 10.6. The van der Waals surface area contributed by atoms with Crippen LogP contribution in [0, 0.1) is 6.92 Å². The number of carbonyl (C=O) groups is 1. The third-order valence-corrected chi connectivity index (χ3v) is 3.06. The SMILES string of the molecule is COCCOC(=O)c1nnn(CCc2ccncc2)c1C. The molecule has 2 aromatic rings. The highest BCUT2D eigenvalue weighted by Crippen LogP contribution is 2.07. The van der Waals surface area contributed by atoms with Gasteiger partial charge >= 0.3 is 5.97 Å². The number of rotatable bonds is 7. The monoisotopic (exact) mass is 290 g/mol. The molecule has 0 spiro atoms. The van der Waals surface area contributed by atoms with Crippen LogP contribution in [-0.2, 0) is 22.4 Å². The third kappa shape index (κ3) is 4.09. The van der Waals surface area contributed by atoms with Gasteiger partial charge in [-0.3, -0.25) is 4.98 Å². The maximum Gasteiger partial charge on any atom is 0.360 e. The molecule has 7 heteroatoms. The van der Waals surface area contributed by atoms with Gasteiger partial charge in [0.2, 0.25) is 0 Å². The zero-order valence-electron chi connectivity index (χ0n) is 12.2. The number of nitrogens with zero attached hydrogens (tertiary/aromatic N) is 4. The Kier molecular flexibility index (Phi) is 5.39. The van der Waals surface area contributed by atoms with Crippen molar-refractivity contribution in [3.8, 4) is 0 Å². The van der Waals surface area contributed by atoms with E-state index in [0.717, 1.165) is 12.0 Å². The zero-order chi connectivity index (χ0) is 15.1. The molecule has 0 atom stereocenters. The third-order valence-electron chi connectivity index (χ3n) is 3.06. The molecular formula is C14H18N4O3. The van der Waals surface area contributed by atoms with Crippen molar-refractivity contribution in [3.63, 3.8) is 0 Å².